The SMILES string of the molecule is C=CC(=O)OCCOCCOCCOCCOC(=O)CC. The Morgan fingerprint density at radius 3 is 1.67 bits per heavy atom. The van der Waals surface area contributed by atoms with Crippen molar-refractivity contribution in [3.05, 3.63) is 12.7 Å². The van der Waals surface area contributed by atoms with Crippen LogP contribution in [0.5, 0.6) is 0 Å². The van der Waals surface area contributed by atoms with Crippen LogP contribution in [0.2, 0.25) is 0 Å². The lowest BCUT2D eigenvalue weighted by Gasteiger charge is -2.07. The van der Waals surface area contributed by atoms with Gasteiger partial charge in [0.1, 0.15) is 13.2 Å². The number of esters is 2. The topological polar surface area (TPSA) is 80.3 Å². The van der Waals surface area contributed by atoms with Gasteiger partial charge in [0, 0.05) is 12.5 Å². The molecule has 0 aliphatic carbocycles. The molecule has 7 nitrogen and oxygen atoms in total. The molecule has 0 rings (SSSR count). The van der Waals surface area contributed by atoms with E-state index in [1.165, 1.54) is 0 Å². The maximum absolute atomic E-state index is 10.8. The highest BCUT2D eigenvalue weighted by Crippen LogP contribution is 1.86. The highest BCUT2D eigenvalue weighted by molar-refractivity contribution is 5.81. The van der Waals surface area contributed by atoms with Crippen molar-refractivity contribution in [2.75, 3.05) is 52.9 Å². The lowest BCUT2D eigenvalue weighted by molar-refractivity contribution is -0.145. The summed E-state index contributed by atoms with van der Waals surface area (Å²) in [6.45, 7) is 7.88. The van der Waals surface area contributed by atoms with Crippen molar-refractivity contribution in [3.63, 3.8) is 0 Å². The average Bonchev–Trinajstić information content (AvgIpc) is 2.51. The first kappa shape index (κ1) is 19.6. The van der Waals surface area contributed by atoms with Crippen LogP contribution >= 0.6 is 0 Å². The van der Waals surface area contributed by atoms with Crippen LogP contribution in [0, 0.1) is 0 Å². The van der Waals surface area contributed by atoms with Crippen LogP contribution in [0.15, 0.2) is 12.7 Å². The monoisotopic (exact) mass is 304 g/mol. The minimum atomic E-state index is -0.461. The Hall–Kier alpha value is -1.44. The van der Waals surface area contributed by atoms with Crippen molar-refractivity contribution >= 4 is 11.9 Å². The van der Waals surface area contributed by atoms with Crippen LogP contribution < -0.4 is 0 Å². The minimum absolute atomic E-state index is 0.199. The fraction of sp³-hybridized carbons (Fsp3) is 0.714. The van der Waals surface area contributed by atoms with Gasteiger partial charge in [0.25, 0.3) is 0 Å². The molecule has 0 aliphatic rings. The smallest absolute Gasteiger partial charge is 0.330 e. The maximum atomic E-state index is 10.8. The van der Waals surface area contributed by atoms with Gasteiger partial charge in [-0.1, -0.05) is 13.5 Å². The van der Waals surface area contributed by atoms with Crippen LogP contribution in [-0.2, 0) is 33.3 Å². The summed E-state index contributed by atoms with van der Waals surface area (Å²) < 4.78 is 25.2. The molecule has 0 saturated heterocycles. The zero-order valence-corrected chi connectivity index (χ0v) is 12.5. The summed E-state index contributed by atoms with van der Waals surface area (Å²) in [6, 6.07) is 0. The van der Waals surface area contributed by atoms with Gasteiger partial charge < -0.3 is 23.7 Å². The lowest BCUT2D eigenvalue weighted by Crippen LogP contribution is -2.14. The normalized spacial score (nSPS) is 10.1. The van der Waals surface area contributed by atoms with E-state index < -0.39 is 5.97 Å². The Bertz CT molecular complexity index is 291. The third-order valence-corrected chi connectivity index (χ3v) is 2.16. The fourth-order valence-corrected chi connectivity index (χ4v) is 1.12. The van der Waals surface area contributed by atoms with E-state index in [1.807, 2.05) is 0 Å². The van der Waals surface area contributed by atoms with Crippen LogP contribution in [0.1, 0.15) is 13.3 Å². The van der Waals surface area contributed by atoms with E-state index in [2.05, 4.69) is 6.58 Å². The van der Waals surface area contributed by atoms with Gasteiger partial charge in [-0.3, -0.25) is 4.79 Å². The summed E-state index contributed by atoms with van der Waals surface area (Å²) in [5.74, 6) is -0.692. The summed E-state index contributed by atoms with van der Waals surface area (Å²) in [4.78, 5) is 21.5. The van der Waals surface area contributed by atoms with Gasteiger partial charge in [-0.2, -0.15) is 0 Å². The molecule has 122 valence electrons. The van der Waals surface area contributed by atoms with Crippen LogP contribution in [0.3, 0.4) is 0 Å². The van der Waals surface area contributed by atoms with Gasteiger partial charge in [-0.15, -0.1) is 0 Å². The standard InChI is InChI=1S/C14H24O7/c1-3-13(15)20-11-9-18-7-5-17-6-8-19-10-12-21-14(16)4-2/h3H,1,4-12H2,2H3. The average molecular weight is 304 g/mol. The van der Waals surface area contributed by atoms with Crippen molar-refractivity contribution in [2.45, 2.75) is 13.3 Å². The molecule has 0 spiro atoms. The second-order valence-corrected chi connectivity index (χ2v) is 3.78. The van der Waals surface area contributed by atoms with Crippen LogP contribution in [0.4, 0.5) is 0 Å². The molecule has 0 aromatic heterocycles. The fourth-order valence-electron chi connectivity index (χ4n) is 1.12. The molecule has 21 heavy (non-hydrogen) atoms. The van der Waals surface area contributed by atoms with Gasteiger partial charge in [0.05, 0.1) is 39.6 Å². The molecule has 0 atom stereocenters. The van der Waals surface area contributed by atoms with E-state index in [1.54, 1.807) is 6.92 Å². The number of rotatable bonds is 14. The summed E-state index contributed by atoms with van der Waals surface area (Å²) in [5, 5.41) is 0. The summed E-state index contributed by atoms with van der Waals surface area (Å²) in [6.07, 6.45) is 1.47. The zero-order valence-electron chi connectivity index (χ0n) is 12.5. The van der Waals surface area contributed by atoms with Crippen molar-refractivity contribution in [1.82, 2.24) is 0 Å². The quantitative estimate of drug-likeness (QED) is 0.266. The molecule has 0 radical (unpaired) electrons. The second kappa shape index (κ2) is 15.0. The maximum Gasteiger partial charge on any atom is 0.330 e. The predicted octanol–water partition coefficient (Wildman–Crippen LogP) is 0.719. The van der Waals surface area contributed by atoms with Crippen molar-refractivity contribution < 1.29 is 33.3 Å². The highest BCUT2D eigenvalue weighted by atomic mass is 16.6. The molecule has 0 aliphatic heterocycles. The van der Waals surface area contributed by atoms with E-state index in [-0.39, 0.29) is 19.2 Å². The van der Waals surface area contributed by atoms with Gasteiger partial charge in [0.2, 0.25) is 0 Å². The molecule has 0 saturated carbocycles. The number of hydrogen-bond donors (Lipinski definition) is 0. The van der Waals surface area contributed by atoms with Crippen molar-refractivity contribution in [1.29, 1.82) is 0 Å². The third-order valence-electron chi connectivity index (χ3n) is 2.16. The Morgan fingerprint density at radius 1 is 0.810 bits per heavy atom. The van der Waals surface area contributed by atoms with E-state index >= 15 is 0 Å². The zero-order chi connectivity index (χ0) is 15.8. The van der Waals surface area contributed by atoms with Crippen LogP contribution in [-0.4, -0.2) is 64.8 Å². The van der Waals surface area contributed by atoms with Gasteiger partial charge in [-0.25, -0.2) is 4.79 Å². The summed E-state index contributed by atoms with van der Waals surface area (Å²) in [7, 11) is 0. The van der Waals surface area contributed by atoms with Crippen molar-refractivity contribution in [3.8, 4) is 0 Å². The summed E-state index contributed by atoms with van der Waals surface area (Å²) in [5.41, 5.74) is 0. The molecule has 0 heterocycles. The highest BCUT2D eigenvalue weighted by Gasteiger charge is 1.97. The second-order valence-electron chi connectivity index (χ2n) is 3.78. The van der Waals surface area contributed by atoms with E-state index in [0.29, 0.717) is 46.1 Å². The first-order chi connectivity index (χ1) is 10.2. The van der Waals surface area contributed by atoms with E-state index in [9.17, 15) is 9.59 Å². The Morgan fingerprint density at radius 2 is 1.24 bits per heavy atom. The number of ether oxygens (including phenoxy) is 5. The molecule has 0 bridgehead atoms. The van der Waals surface area contributed by atoms with E-state index in [4.69, 9.17) is 23.7 Å². The molecular weight excluding hydrogens is 280 g/mol. The molecule has 0 amide bonds. The third kappa shape index (κ3) is 14.8. The number of carbonyl (C=O) groups is 2. The molecule has 0 aromatic carbocycles. The molecule has 7 heteroatoms. The Labute approximate surface area is 125 Å². The predicted molar refractivity (Wildman–Crippen MR) is 74.9 cm³/mol. The van der Waals surface area contributed by atoms with Gasteiger partial charge in [0.15, 0.2) is 0 Å². The van der Waals surface area contributed by atoms with E-state index in [0.717, 1.165) is 6.08 Å². The first-order valence-corrected chi connectivity index (χ1v) is 6.88. The number of hydrogen-bond acceptors (Lipinski definition) is 7. The largest absolute Gasteiger partial charge is 0.463 e. The number of carbonyl (C=O) groups excluding carboxylic acids is 2. The Balaban J connectivity index is 3.07. The molecule has 0 unspecified atom stereocenters. The van der Waals surface area contributed by atoms with Crippen molar-refractivity contribution in [2.24, 2.45) is 0 Å². The molecule has 0 N–H and O–H groups in total. The molecule has 0 aromatic rings. The Kier molecular flexibility index (Phi) is 13.9. The summed E-state index contributed by atoms with van der Waals surface area (Å²) >= 11 is 0. The lowest BCUT2D eigenvalue weighted by atomic mass is 10.5. The van der Waals surface area contributed by atoms with Gasteiger partial charge in [-0.05, 0) is 0 Å². The van der Waals surface area contributed by atoms with Crippen LogP contribution in [0.25, 0.3) is 0 Å². The minimum Gasteiger partial charge on any atom is -0.463 e. The van der Waals surface area contributed by atoms with Gasteiger partial charge >= 0.3 is 11.9 Å². The first-order valence-electron chi connectivity index (χ1n) is 6.88. The molecule has 0 fully saturated rings. The molecular formula is C14H24O7.